The number of hydrogen-bond acceptors (Lipinski definition) is 6. The van der Waals surface area contributed by atoms with E-state index >= 15 is 0 Å². The van der Waals surface area contributed by atoms with Crippen LogP contribution in [-0.2, 0) is 4.74 Å². The third-order valence-corrected chi connectivity index (χ3v) is 7.48. The molecule has 172 valence electrons. The van der Waals surface area contributed by atoms with Gasteiger partial charge >= 0.3 is 0 Å². The van der Waals surface area contributed by atoms with Crippen LogP contribution in [0.3, 0.4) is 0 Å². The molecule has 1 heterocycles. The third kappa shape index (κ3) is 3.78. The second-order valence-corrected chi connectivity index (χ2v) is 10.1. The molecule has 1 aromatic carbocycles. The zero-order valence-electron chi connectivity index (χ0n) is 19.1. The van der Waals surface area contributed by atoms with Crippen molar-refractivity contribution in [3.05, 3.63) is 33.9 Å². The van der Waals surface area contributed by atoms with Crippen molar-refractivity contribution < 1.29 is 29.9 Å². The summed E-state index contributed by atoms with van der Waals surface area (Å²) in [7, 11) is 0. The van der Waals surface area contributed by atoms with Gasteiger partial charge < -0.3 is 29.9 Å². The summed E-state index contributed by atoms with van der Waals surface area (Å²) in [4.78, 5) is 0. The van der Waals surface area contributed by atoms with Gasteiger partial charge in [-0.2, -0.15) is 0 Å². The van der Waals surface area contributed by atoms with Crippen LogP contribution in [0.5, 0.6) is 11.5 Å². The summed E-state index contributed by atoms with van der Waals surface area (Å²) >= 11 is 0. The van der Waals surface area contributed by atoms with Gasteiger partial charge in [0.25, 0.3) is 0 Å². The maximum atomic E-state index is 11.3. The van der Waals surface area contributed by atoms with Crippen LogP contribution in [-0.4, -0.2) is 51.6 Å². The maximum absolute atomic E-state index is 11.3. The Morgan fingerprint density at radius 3 is 2.42 bits per heavy atom. The average Bonchev–Trinajstić information content (AvgIpc) is 2.70. The van der Waals surface area contributed by atoms with Gasteiger partial charge in [-0.05, 0) is 74.5 Å². The van der Waals surface area contributed by atoms with Crippen LogP contribution in [0.15, 0.2) is 11.6 Å². The Kier molecular flexibility index (Phi) is 6.12. The molecule has 6 nitrogen and oxygen atoms in total. The predicted octanol–water partition coefficient (Wildman–Crippen LogP) is 3.59. The molecule has 1 aromatic rings. The first kappa shape index (κ1) is 22.6. The Labute approximate surface area is 184 Å². The van der Waals surface area contributed by atoms with E-state index in [-0.39, 0.29) is 24.2 Å². The number of phenolic OH excluding ortho intramolecular Hbond substituents is 1. The topological polar surface area (TPSA) is 99.4 Å². The van der Waals surface area contributed by atoms with Crippen molar-refractivity contribution in [2.75, 3.05) is 6.61 Å². The molecule has 3 aliphatic rings. The molecular formula is C25H36O6. The predicted molar refractivity (Wildman–Crippen MR) is 118 cm³/mol. The van der Waals surface area contributed by atoms with E-state index in [1.807, 2.05) is 6.92 Å². The van der Waals surface area contributed by atoms with Gasteiger partial charge in [0.05, 0.1) is 6.61 Å². The lowest BCUT2D eigenvalue weighted by Gasteiger charge is -2.44. The highest BCUT2D eigenvalue weighted by Gasteiger charge is 2.44. The highest BCUT2D eigenvalue weighted by atomic mass is 16.7. The summed E-state index contributed by atoms with van der Waals surface area (Å²) in [6, 6.07) is 0. The number of aromatic hydroxyl groups is 1. The minimum atomic E-state index is -1.40. The van der Waals surface area contributed by atoms with Gasteiger partial charge in [-0.25, -0.2) is 0 Å². The van der Waals surface area contributed by atoms with Gasteiger partial charge in [0.15, 0.2) is 11.5 Å². The number of hydrogen-bond donors (Lipinski definition) is 4. The number of allylic oxidation sites excluding steroid dienone is 2. The minimum Gasteiger partial charge on any atom is -0.504 e. The minimum absolute atomic E-state index is 0.0828. The highest BCUT2D eigenvalue weighted by molar-refractivity contribution is 5.64. The monoisotopic (exact) mass is 432 g/mol. The molecule has 0 spiro atoms. The van der Waals surface area contributed by atoms with Gasteiger partial charge in [-0.3, -0.25) is 0 Å². The van der Waals surface area contributed by atoms with Crippen LogP contribution < -0.4 is 4.74 Å². The van der Waals surface area contributed by atoms with Crippen molar-refractivity contribution in [1.29, 1.82) is 0 Å². The van der Waals surface area contributed by atoms with Gasteiger partial charge in [-0.15, -0.1) is 0 Å². The molecule has 1 fully saturated rings. The lowest BCUT2D eigenvalue weighted by molar-refractivity contribution is -0.242. The third-order valence-electron chi connectivity index (χ3n) is 7.48. The van der Waals surface area contributed by atoms with Crippen LogP contribution in [0.4, 0.5) is 0 Å². The second-order valence-electron chi connectivity index (χ2n) is 10.1. The molecule has 8 atom stereocenters. The van der Waals surface area contributed by atoms with Gasteiger partial charge in [-0.1, -0.05) is 25.5 Å². The van der Waals surface area contributed by atoms with Crippen molar-refractivity contribution in [3.63, 3.8) is 0 Å². The van der Waals surface area contributed by atoms with Crippen LogP contribution in [0.1, 0.15) is 87.0 Å². The molecule has 4 rings (SSSR count). The lowest BCUT2D eigenvalue weighted by Crippen LogP contribution is -2.54. The molecule has 4 unspecified atom stereocenters. The van der Waals surface area contributed by atoms with E-state index < -0.39 is 24.6 Å². The van der Waals surface area contributed by atoms with E-state index in [1.165, 1.54) is 16.7 Å². The molecule has 2 aliphatic carbocycles. The van der Waals surface area contributed by atoms with Gasteiger partial charge in [0.1, 0.15) is 18.3 Å². The Morgan fingerprint density at radius 1 is 1.03 bits per heavy atom. The quantitative estimate of drug-likeness (QED) is 0.545. The molecule has 0 amide bonds. The smallest absolute Gasteiger partial charge is 0.229 e. The molecule has 6 heteroatoms. The fourth-order valence-corrected chi connectivity index (χ4v) is 5.90. The van der Waals surface area contributed by atoms with Crippen LogP contribution in [0, 0.1) is 12.8 Å². The SMILES string of the molecule is CC(C)=C[C@H]1C[C@H](C)[C@H]2CC[C@H](C)c3c(OC4OCC(O)C(O)C4O)c(O)c(C)c1c32. The molecular weight excluding hydrogens is 396 g/mol. The summed E-state index contributed by atoms with van der Waals surface area (Å²) in [5.41, 5.74) is 5.59. The van der Waals surface area contributed by atoms with Crippen molar-refractivity contribution in [3.8, 4) is 11.5 Å². The van der Waals surface area contributed by atoms with E-state index in [0.29, 0.717) is 17.6 Å². The number of rotatable bonds is 3. The van der Waals surface area contributed by atoms with E-state index in [0.717, 1.165) is 30.4 Å². The molecule has 1 saturated heterocycles. The molecule has 0 bridgehead atoms. The zero-order chi connectivity index (χ0) is 22.6. The Morgan fingerprint density at radius 2 is 1.74 bits per heavy atom. The molecule has 0 radical (unpaired) electrons. The Hall–Kier alpha value is -1.60. The standard InChI is InChI=1S/C25H36O6/c1-11(2)8-15-9-13(4)16-7-6-12(3)18-20(16)19(15)14(5)21(27)24(18)31-25-23(29)22(28)17(26)10-30-25/h8,12-13,15-17,22-23,25-29H,6-7,9-10H2,1-5H3/t12-,13-,15-,16+,17?,22?,23?,25?/m0/s1. The number of ether oxygens (including phenoxy) is 2. The Balaban J connectivity index is 1.86. The highest BCUT2D eigenvalue weighted by Crippen LogP contribution is 2.58. The first-order valence-corrected chi connectivity index (χ1v) is 11.5. The van der Waals surface area contributed by atoms with Crippen molar-refractivity contribution in [2.45, 2.75) is 96.2 Å². The average molecular weight is 433 g/mol. The van der Waals surface area contributed by atoms with Crippen molar-refractivity contribution >= 4 is 0 Å². The summed E-state index contributed by atoms with van der Waals surface area (Å²) < 4.78 is 11.6. The first-order valence-electron chi connectivity index (χ1n) is 11.5. The van der Waals surface area contributed by atoms with Crippen molar-refractivity contribution in [2.24, 2.45) is 5.92 Å². The van der Waals surface area contributed by atoms with Crippen LogP contribution in [0.25, 0.3) is 0 Å². The number of phenols is 1. The summed E-state index contributed by atoms with van der Waals surface area (Å²) in [5, 5.41) is 41.5. The number of benzene rings is 1. The first-order chi connectivity index (χ1) is 14.6. The number of aliphatic hydroxyl groups is 3. The molecule has 0 aromatic heterocycles. The summed E-state index contributed by atoms with van der Waals surface area (Å²) in [5.74, 6) is 1.81. The maximum Gasteiger partial charge on any atom is 0.229 e. The Bertz CT molecular complexity index is 873. The van der Waals surface area contributed by atoms with Crippen LogP contribution >= 0.6 is 0 Å². The van der Waals surface area contributed by atoms with Gasteiger partial charge in [0.2, 0.25) is 6.29 Å². The normalized spacial score (nSPS) is 37.2. The van der Waals surface area contributed by atoms with E-state index in [9.17, 15) is 20.4 Å². The van der Waals surface area contributed by atoms with Crippen LogP contribution in [0.2, 0.25) is 0 Å². The fraction of sp³-hybridized carbons (Fsp3) is 0.680. The molecule has 31 heavy (non-hydrogen) atoms. The zero-order valence-corrected chi connectivity index (χ0v) is 19.1. The number of aliphatic hydroxyl groups excluding tert-OH is 3. The largest absolute Gasteiger partial charge is 0.504 e. The van der Waals surface area contributed by atoms with Crippen molar-refractivity contribution in [1.82, 2.24) is 0 Å². The molecule has 4 N–H and O–H groups in total. The fourth-order valence-electron chi connectivity index (χ4n) is 5.90. The molecule has 1 aliphatic heterocycles. The summed E-state index contributed by atoms with van der Waals surface area (Å²) in [6.07, 6.45) is 0.402. The lowest BCUT2D eigenvalue weighted by atomic mass is 9.62. The molecule has 0 saturated carbocycles. The van der Waals surface area contributed by atoms with E-state index in [4.69, 9.17) is 9.47 Å². The van der Waals surface area contributed by atoms with E-state index in [2.05, 4.69) is 33.8 Å². The van der Waals surface area contributed by atoms with E-state index in [1.54, 1.807) is 0 Å². The second kappa shape index (κ2) is 8.39. The van der Waals surface area contributed by atoms with Gasteiger partial charge in [0, 0.05) is 11.5 Å². The summed E-state index contributed by atoms with van der Waals surface area (Å²) in [6.45, 7) is 10.5.